The first kappa shape index (κ1) is 17.8. The van der Waals surface area contributed by atoms with E-state index in [0.29, 0.717) is 10.4 Å². The van der Waals surface area contributed by atoms with Gasteiger partial charge in [0.25, 0.3) is 10.0 Å². The van der Waals surface area contributed by atoms with Gasteiger partial charge in [0.15, 0.2) is 11.3 Å². The molecule has 0 fully saturated rings. The molecule has 6 nitrogen and oxygen atoms in total. The van der Waals surface area contributed by atoms with Gasteiger partial charge in [-0.15, -0.1) is 4.83 Å². The van der Waals surface area contributed by atoms with Crippen molar-refractivity contribution in [2.75, 3.05) is 0 Å². The molecule has 3 rings (SSSR count). The molecule has 0 saturated carbocycles. The first-order valence-electron chi connectivity index (χ1n) is 7.04. The maximum atomic E-state index is 12.2. The van der Waals surface area contributed by atoms with E-state index in [1.165, 1.54) is 24.3 Å². The van der Waals surface area contributed by atoms with E-state index >= 15 is 0 Å². The molecule has 0 aliphatic rings. The summed E-state index contributed by atoms with van der Waals surface area (Å²) in [5.74, 6) is -0.870. The van der Waals surface area contributed by atoms with Crippen LogP contribution in [0.3, 0.4) is 0 Å². The van der Waals surface area contributed by atoms with Gasteiger partial charge in [0.1, 0.15) is 0 Å². The number of hydrogen-bond donors (Lipinski definition) is 2. The lowest BCUT2D eigenvalue weighted by Gasteiger charge is -2.07. The molecular formula is C16H12Cl2N2O4S. The molecule has 0 aliphatic heterocycles. The van der Waals surface area contributed by atoms with Crippen molar-refractivity contribution in [3.8, 4) is 0 Å². The van der Waals surface area contributed by atoms with E-state index in [9.17, 15) is 13.2 Å². The van der Waals surface area contributed by atoms with Gasteiger partial charge in [0, 0.05) is 10.4 Å². The van der Waals surface area contributed by atoms with Crippen LogP contribution >= 0.6 is 23.2 Å². The Morgan fingerprint density at radius 1 is 1.12 bits per heavy atom. The molecule has 0 aliphatic carbocycles. The number of benzene rings is 2. The van der Waals surface area contributed by atoms with Crippen molar-refractivity contribution in [1.29, 1.82) is 0 Å². The van der Waals surface area contributed by atoms with Gasteiger partial charge in [-0.2, -0.15) is 0 Å². The molecule has 25 heavy (non-hydrogen) atoms. The summed E-state index contributed by atoms with van der Waals surface area (Å²) >= 11 is 11.9. The maximum absolute atomic E-state index is 12.2. The molecule has 2 aromatic carbocycles. The van der Waals surface area contributed by atoms with Gasteiger partial charge in [0.05, 0.1) is 9.92 Å². The highest BCUT2D eigenvalue weighted by molar-refractivity contribution is 7.89. The van der Waals surface area contributed by atoms with E-state index in [1.807, 2.05) is 4.83 Å². The molecule has 0 atom stereocenters. The SMILES string of the molecule is Cc1cccc(S(=O)(=O)NNC(=O)c2cc3cc(Cl)cc(Cl)c3o2)c1. The Labute approximate surface area is 153 Å². The third-order valence-electron chi connectivity index (χ3n) is 3.36. The second-order valence-electron chi connectivity index (χ2n) is 5.29. The molecule has 1 aromatic heterocycles. The predicted octanol–water partition coefficient (Wildman–Crippen LogP) is 3.67. The van der Waals surface area contributed by atoms with Crippen molar-refractivity contribution in [1.82, 2.24) is 10.3 Å². The lowest BCUT2D eigenvalue weighted by atomic mass is 10.2. The van der Waals surface area contributed by atoms with Crippen molar-refractivity contribution < 1.29 is 17.6 Å². The normalized spacial score (nSPS) is 11.6. The second kappa shape index (κ2) is 6.68. The molecule has 0 radical (unpaired) electrons. The number of hydrogen-bond acceptors (Lipinski definition) is 4. The van der Waals surface area contributed by atoms with Crippen LogP contribution in [-0.2, 0) is 10.0 Å². The summed E-state index contributed by atoms with van der Waals surface area (Å²) in [4.78, 5) is 14.2. The van der Waals surface area contributed by atoms with Crippen LogP contribution in [0.2, 0.25) is 10.0 Å². The highest BCUT2D eigenvalue weighted by atomic mass is 35.5. The molecule has 130 valence electrons. The van der Waals surface area contributed by atoms with E-state index < -0.39 is 15.9 Å². The highest BCUT2D eigenvalue weighted by Crippen LogP contribution is 2.30. The van der Waals surface area contributed by atoms with Crippen LogP contribution in [0.15, 0.2) is 51.8 Å². The molecule has 9 heteroatoms. The van der Waals surface area contributed by atoms with Gasteiger partial charge >= 0.3 is 5.91 Å². The number of aryl methyl sites for hydroxylation is 1. The highest BCUT2D eigenvalue weighted by Gasteiger charge is 2.19. The van der Waals surface area contributed by atoms with Crippen LogP contribution in [0.5, 0.6) is 0 Å². The maximum Gasteiger partial charge on any atom is 0.301 e. The molecule has 1 heterocycles. The van der Waals surface area contributed by atoms with E-state index in [0.717, 1.165) is 5.56 Å². The van der Waals surface area contributed by atoms with Crippen molar-refractivity contribution >= 4 is 50.1 Å². The van der Waals surface area contributed by atoms with Gasteiger partial charge in [-0.25, -0.2) is 8.42 Å². The molecule has 2 N–H and O–H groups in total. The number of sulfonamides is 1. The number of amides is 1. The summed E-state index contributed by atoms with van der Waals surface area (Å²) in [6.45, 7) is 1.76. The summed E-state index contributed by atoms with van der Waals surface area (Å²) in [6, 6.07) is 10.8. The summed E-state index contributed by atoms with van der Waals surface area (Å²) in [5, 5.41) is 1.18. The van der Waals surface area contributed by atoms with Crippen LogP contribution < -0.4 is 10.3 Å². The summed E-state index contributed by atoms with van der Waals surface area (Å²) in [5.41, 5.74) is 3.17. The van der Waals surface area contributed by atoms with Crippen LogP contribution in [0, 0.1) is 6.92 Å². The first-order valence-corrected chi connectivity index (χ1v) is 9.27. The lowest BCUT2D eigenvalue weighted by molar-refractivity contribution is 0.0919. The van der Waals surface area contributed by atoms with Crippen molar-refractivity contribution in [2.45, 2.75) is 11.8 Å². The Kier molecular flexibility index (Phi) is 4.75. The number of carbonyl (C=O) groups is 1. The van der Waals surface area contributed by atoms with Gasteiger partial charge in [-0.1, -0.05) is 35.3 Å². The minimum atomic E-state index is -3.90. The summed E-state index contributed by atoms with van der Waals surface area (Å²) in [6.07, 6.45) is 0. The van der Waals surface area contributed by atoms with Gasteiger partial charge in [0.2, 0.25) is 0 Å². The van der Waals surface area contributed by atoms with Crippen LogP contribution in [0.4, 0.5) is 0 Å². The zero-order valence-electron chi connectivity index (χ0n) is 12.8. The molecule has 0 saturated heterocycles. The third-order valence-corrected chi connectivity index (χ3v) is 5.10. The fraction of sp³-hybridized carbons (Fsp3) is 0.0625. The fourth-order valence-electron chi connectivity index (χ4n) is 2.20. The monoisotopic (exact) mass is 398 g/mol. The van der Waals surface area contributed by atoms with Crippen LogP contribution in [0.25, 0.3) is 11.0 Å². The third kappa shape index (κ3) is 3.80. The molecule has 0 spiro atoms. The number of halogens is 2. The number of carbonyl (C=O) groups excluding carboxylic acids is 1. The quantitative estimate of drug-likeness (QED) is 0.656. The Balaban J connectivity index is 1.80. The van der Waals surface area contributed by atoms with Crippen molar-refractivity contribution in [2.24, 2.45) is 0 Å². The Morgan fingerprint density at radius 2 is 1.88 bits per heavy atom. The zero-order valence-corrected chi connectivity index (χ0v) is 15.2. The van der Waals surface area contributed by atoms with Crippen molar-refractivity contribution in [3.63, 3.8) is 0 Å². The van der Waals surface area contributed by atoms with E-state index in [1.54, 1.807) is 25.1 Å². The Bertz CT molecular complexity index is 1080. The van der Waals surface area contributed by atoms with E-state index in [2.05, 4.69) is 5.43 Å². The number of furan rings is 1. The number of fused-ring (bicyclic) bond motifs is 1. The largest absolute Gasteiger partial charge is 0.449 e. The molecular weight excluding hydrogens is 387 g/mol. The van der Waals surface area contributed by atoms with Gasteiger partial charge < -0.3 is 4.42 Å². The Hall–Kier alpha value is -2.06. The van der Waals surface area contributed by atoms with Crippen molar-refractivity contribution in [3.05, 3.63) is 63.8 Å². The van der Waals surface area contributed by atoms with E-state index in [-0.39, 0.29) is 21.3 Å². The standard InChI is InChI=1S/C16H12Cl2N2O4S/c1-9-3-2-4-12(5-9)25(22,23)20-19-16(21)14-7-10-6-11(17)8-13(18)15(10)24-14/h2-8,20H,1H3,(H,19,21). The van der Waals surface area contributed by atoms with Crippen LogP contribution in [0.1, 0.15) is 16.1 Å². The average Bonchev–Trinajstić information content (AvgIpc) is 2.97. The number of hydrazine groups is 1. The summed E-state index contributed by atoms with van der Waals surface area (Å²) < 4.78 is 29.8. The fourth-order valence-corrected chi connectivity index (χ4v) is 3.70. The molecule has 3 aromatic rings. The first-order chi connectivity index (χ1) is 11.8. The topological polar surface area (TPSA) is 88.4 Å². The minimum absolute atomic E-state index is 0.0345. The average molecular weight is 399 g/mol. The number of rotatable bonds is 4. The van der Waals surface area contributed by atoms with Crippen LogP contribution in [-0.4, -0.2) is 14.3 Å². The number of nitrogens with one attached hydrogen (secondary N) is 2. The second-order valence-corrected chi connectivity index (χ2v) is 7.82. The zero-order chi connectivity index (χ0) is 18.2. The van der Waals surface area contributed by atoms with Gasteiger partial charge in [-0.3, -0.25) is 10.2 Å². The molecule has 0 bridgehead atoms. The lowest BCUT2D eigenvalue weighted by Crippen LogP contribution is -2.41. The summed E-state index contributed by atoms with van der Waals surface area (Å²) in [7, 11) is -3.90. The minimum Gasteiger partial charge on any atom is -0.449 e. The Morgan fingerprint density at radius 3 is 2.60 bits per heavy atom. The van der Waals surface area contributed by atoms with E-state index in [4.69, 9.17) is 27.6 Å². The molecule has 1 amide bonds. The predicted molar refractivity (Wildman–Crippen MR) is 95.2 cm³/mol. The molecule has 0 unspecified atom stereocenters. The van der Waals surface area contributed by atoms with Gasteiger partial charge in [-0.05, 0) is 42.8 Å². The smallest absolute Gasteiger partial charge is 0.301 e.